The third-order valence-electron chi connectivity index (χ3n) is 4.89. The number of sulfonamides is 1. The number of carbonyl (C=O) groups excluding carboxylic acids is 1. The summed E-state index contributed by atoms with van der Waals surface area (Å²) in [6.07, 6.45) is 0. The minimum atomic E-state index is -3.59. The molecular weight excluding hydrogens is 362 g/mol. The molecule has 0 aromatic heterocycles. The summed E-state index contributed by atoms with van der Waals surface area (Å²) in [4.78, 5) is 13.6. The van der Waals surface area contributed by atoms with Crippen LogP contribution in [0.15, 0.2) is 53.4 Å². The van der Waals surface area contributed by atoms with Crippen molar-refractivity contribution in [2.75, 3.05) is 32.0 Å². The summed E-state index contributed by atoms with van der Waals surface area (Å²) in [5.74, 6) is -0.189. The molecular formula is C20H25N3O3S. The van der Waals surface area contributed by atoms with Crippen LogP contribution >= 0.6 is 0 Å². The fraction of sp³-hybridized carbons (Fsp3) is 0.350. The Morgan fingerprint density at radius 3 is 2.26 bits per heavy atom. The molecule has 6 nitrogen and oxygen atoms in total. The molecule has 1 saturated heterocycles. The van der Waals surface area contributed by atoms with Crippen LogP contribution in [0, 0.1) is 6.92 Å². The molecule has 1 amide bonds. The second-order valence-electron chi connectivity index (χ2n) is 6.98. The van der Waals surface area contributed by atoms with E-state index in [1.165, 1.54) is 12.5 Å². The number of nitrogens with one attached hydrogen (secondary N) is 1. The van der Waals surface area contributed by atoms with Crippen molar-refractivity contribution in [3.63, 3.8) is 0 Å². The SMILES string of the molecule is CC(=O)Nc1ccc(S(=O)(=O)N2CCN(C)C(c3ccc(C)cc3)C2)cc1. The lowest BCUT2D eigenvalue weighted by molar-refractivity contribution is -0.114. The Kier molecular flexibility index (Phi) is 5.64. The number of rotatable bonds is 4. The van der Waals surface area contributed by atoms with Crippen molar-refractivity contribution in [1.82, 2.24) is 9.21 Å². The van der Waals surface area contributed by atoms with Gasteiger partial charge in [-0.1, -0.05) is 29.8 Å². The molecule has 3 rings (SSSR count). The molecule has 1 N–H and O–H groups in total. The van der Waals surface area contributed by atoms with Gasteiger partial charge in [-0.2, -0.15) is 4.31 Å². The molecule has 1 aliphatic heterocycles. The molecule has 1 atom stereocenters. The van der Waals surface area contributed by atoms with Gasteiger partial charge in [-0.3, -0.25) is 9.69 Å². The summed E-state index contributed by atoms with van der Waals surface area (Å²) in [7, 11) is -1.56. The van der Waals surface area contributed by atoms with Crippen LogP contribution in [0.25, 0.3) is 0 Å². The standard InChI is InChI=1S/C20H25N3O3S/c1-15-4-6-17(7-5-15)20-14-23(13-12-22(20)3)27(25,26)19-10-8-18(9-11-19)21-16(2)24/h4-11,20H,12-14H2,1-3H3,(H,21,24). The van der Waals surface area contributed by atoms with Crippen LogP contribution in [0.3, 0.4) is 0 Å². The third kappa shape index (κ3) is 4.37. The highest BCUT2D eigenvalue weighted by atomic mass is 32.2. The molecule has 0 aliphatic carbocycles. The predicted molar refractivity (Wildman–Crippen MR) is 106 cm³/mol. The quantitative estimate of drug-likeness (QED) is 0.876. The smallest absolute Gasteiger partial charge is 0.243 e. The van der Waals surface area contributed by atoms with Crippen LogP contribution in [0.2, 0.25) is 0 Å². The first kappa shape index (κ1) is 19.5. The van der Waals surface area contributed by atoms with Crippen LogP contribution < -0.4 is 5.32 Å². The molecule has 0 spiro atoms. The van der Waals surface area contributed by atoms with Gasteiger partial charge < -0.3 is 5.32 Å². The lowest BCUT2D eigenvalue weighted by Crippen LogP contribution is -2.48. The Hall–Kier alpha value is -2.22. The van der Waals surface area contributed by atoms with Crippen molar-refractivity contribution in [3.8, 4) is 0 Å². The minimum absolute atomic E-state index is 0.0211. The lowest BCUT2D eigenvalue weighted by atomic mass is 10.0. The highest BCUT2D eigenvalue weighted by Gasteiger charge is 2.33. The Bertz CT molecular complexity index is 908. The molecule has 2 aromatic rings. The van der Waals surface area contributed by atoms with Crippen molar-refractivity contribution in [3.05, 3.63) is 59.7 Å². The second kappa shape index (κ2) is 7.80. The zero-order valence-corrected chi connectivity index (χ0v) is 16.7. The summed E-state index contributed by atoms with van der Waals surface area (Å²) in [6, 6.07) is 14.6. The van der Waals surface area contributed by atoms with E-state index in [1.54, 1.807) is 28.6 Å². The molecule has 1 unspecified atom stereocenters. The molecule has 7 heteroatoms. The van der Waals surface area contributed by atoms with E-state index < -0.39 is 10.0 Å². The summed E-state index contributed by atoms with van der Waals surface area (Å²) >= 11 is 0. The average Bonchev–Trinajstić information content (AvgIpc) is 2.63. The number of amides is 1. The first-order chi connectivity index (χ1) is 12.8. The molecule has 0 saturated carbocycles. The minimum Gasteiger partial charge on any atom is -0.326 e. The van der Waals surface area contributed by atoms with E-state index in [-0.39, 0.29) is 16.8 Å². The average molecular weight is 388 g/mol. The van der Waals surface area contributed by atoms with Gasteiger partial charge in [0.2, 0.25) is 15.9 Å². The fourth-order valence-corrected chi connectivity index (χ4v) is 4.72. The summed E-state index contributed by atoms with van der Waals surface area (Å²) in [5, 5.41) is 2.65. The van der Waals surface area contributed by atoms with E-state index in [0.717, 1.165) is 5.56 Å². The molecule has 1 heterocycles. The Balaban J connectivity index is 1.81. The Labute approximate surface area is 160 Å². The Morgan fingerprint density at radius 2 is 1.67 bits per heavy atom. The maximum atomic E-state index is 13.1. The predicted octanol–water partition coefficient (Wildman–Crippen LogP) is 2.63. The van der Waals surface area contributed by atoms with Crippen LogP contribution in [0.5, 0.6) is 0 Å². The monoisotopic (exact) mass is 387 g/mol. The molecule has 2 aromatic carbocycles. The molecule has 0 bridgehead atoms. The van der Waals surface area contributed by atoms with E-state index in [1.807, 2.05) is 14.0 Å². The van der Waals surface area contributed by atoms with Crippen molar-refractivity contribution in [1.29, 1.82) is 0 Å². The van der Waals surface area contributed by atoms with Gasteiger partial charge in [0.05, 0.1) is 4.90 Å². The van der Waals surface area contributed by atoms with Crippen molar-refractivity contribution < 1.29 is 13.2 Å². The number of piperazine rings is 1. The fourth-order valence-electron chi connectivity index (χ4n) is 3.28. The van der Waals surface area contributed by atoms with Gasteiger partial charge in [0.1, 0.15) is 0 Å². The zero-order chi connectivity index (χ0) is 19.6. The van der Waals surface area contributed by atoms with Gasteiger partial charge in [-0.25, -0.2) is 8.42 Å². The van der Waals surface area contributed by atoms with Gasteiger partial charge in [-0.15, -0.1) is 0 Å². The summed E-state index contributed by atoms with van der Waals surface area (Å²) in [5.41, 5.74) is 2.88. The van der Waals surface area contributed by atoms with E-state index in [2.05, 4.69) is 34.5 Å². The van der Waals surface area contributed by atoms with Crippen molar-refractivity contribution in [2.45, 2.75) is 24.8 Å². The first-order valence-electron chi connectivity index (χ1n) is 8.92. The number of carbonyl (C=O) groups is 1. The van der Waals surface area contributed by atoms with Crippen LogP contribution in [-0.4, -0.2) is 50.2 Å². The van der Waals surface area contributed by atoms with Gasteiger partial charge >= 0.3 is 0 Å². The maximum Gasteiger partial charge on any atom is 0.243 e. The highest BCUT2D eigenvalue weighted by molar-refractivity contribution is 7.89. The van der Waals surface area contributed by atoms with Gasteiger partial charge in [0.15, 0.2) is 0 Å². The summed E-state index contributed by atoms with van der Waals surface area (Å²) in [6.45, 7) is 4.99. The van der Waals surface area contributed by atoms with E-state index in [0.29, 0.717) is 25.3 Å². The zero-order valence-electron chi connectivity index (χ0n) is 15.8. The third-order valence-corrected chi connectivity index (χ3v) is 6.76. The first-order valence-corrected chi connectivity index (χ1v) is 10.4. The maximum absolute atomic E-state index is 13.1. The number of nitrogens with zero attached hydrogens (tertiary/aromatic N) is 2. The highest BCUT2D eigenvalue weighted by Crippen LogP contribution is 2.28. The number of anilines is 1. The van der Waals surface area contributed by atoms with E-state index in [9.17, 15) is 13.2 Å². The number of benzene rings is 2. The lowest BCUT2D eigenvalue weighted by Gasteiger charge is -2.39. The molecule has 1 aliphatic rings. The molecule has 0 radical (unpaired) electrons. The van der Waals surface area contributed by atoms with Crippen molar-refractivity contribution in [2.24, 2.45) is 0 Å². The second-order valence-corrected chi connectivity index (χ2v) is 8.91. The number of hydrogen-bond donors (Lipinski definition) is 1. The van der Waals surface area contributed by atoms with Crippen LogP contribution in [0.4, 0.5) is 5.69 Å². The normalized spacial score (nSPS) is 19.0. The Morgan fingerprint density at radius 1 is 1.04 bits per heavy atom. The number of aryl methyl sites for hydroxylation is 1. The van der Waals surface area contributed by atoms with E-state index >= 15 is 0 Å². The summed E-state index contributed by atoms with van der Waals surface area (Å²) < 4.78 is 27.7. The molecule has 1 fully saturated rings. The topological polar surface area (TPSA) is 69.7 Å². The van der Waals surface area contributed by atoms with Gasteiger partial charge in [0.25, 0.3) is 0 Å². The largest absolute Gasteiger partial charge is 0.326 e. The van der Waals surface area contributed by atoms with Gasteiger partial charge in [-0.05, 0) is 43.8 Å². The van der Waals surface area contributed by atoms with Crippen LogP contribution in [-0.2, 0) is 14.8 Å². The van der Waals surface area contributed by atoms with Crippen molar-refractivity contribution >= 4 is 21.6 Å². The van der Waals surface area contributed by atoms with Gasteiger partial charge in [0, 0.05) is 38.3 Å². The molecule has 144 valence electrons. The number of hydrogen-bond acceptors (Lipinski definition) is 4. The van der Waals surface area contributed by atoms with Crippen LogP contribution in [0.1, 0.15) is 24.1 Å². The van der Waals surface area contributed by atoms with E-state index in [4.69, 9.17) is 0 Å². The molecule has 27 heavy (non-hydrogen) atoms. The number of likely N-dealkylation sites (N-methyl/N-ethyl adjacent to an activating group) is 1.